The van der Waals surface area contributed by atoms with Gasteiger partial charge in [0.25, 0.3) is 5.91 Å². The van der Waals surface area contributed by atoms with Crippen LogP contribution in [0.25, 0.3) is 0 Å². The van der Waals surface area contributed by atoms with Gasteiger partial charge in [-0.05, 0) is 48.9 Å². The molecule has 0 unspecified atom stereocenters. The van der Waals surface area contributed by atoms with Gasteiger partial charge < -0.3 is 25.0 Å². The van der Waals surface area contributed by atoms with Crippen LogP contribution in [0.5, 0.6) is 11.5 Å². The van der Waals surface area contributed by atoms with Crippen molar-refractivity contribution >= 4 is 34.8 Å². The molecule has 8 heteroatoms. The van der Waals surface area contributed by atoms with E-state index in [9.17, 15) is 14.4 Å². The average Bonchev–Trinajstić information content (AvgIpc) is 3.12. The number of carbonyl (C=O) groups is 3. The lowest BCUT2D eigenvalue weighted by atomic mass is 10.2. The van der Waals surface area contributed by atoms with E-state index in [1.165, 1.54) is 14.0 Å². The Balaban J connectivity index is 1.56. The SMILES string of the molecule is COc1ccc(NC(=O)COc2ccc(N3CCCC3=O)cc2)cc1NC(C)=O. The topological polar surface area (TPSA) is 97.0 Å². The second-order valence-electron chi connectivity index (χ2n) is 6.58. The summed E-state index contributed by atoms with van der Waals surface area (Å²) in [7, 11) is 1.50. The Morgan fingerprint density at radius 1 is 1.10 bits per heavy atom. The number of hydrogen-bond acceptors (Lipinski definition) is 5. The van der Waals surface area contributed by atoms with Gasteiger partial charge in [0, 0.05) is 31.3 Å². The Labute approximate surface area is 168 Å². The monoisotopic (exact) mass is 397 g/mol. The van der Waals surface area contributed by atoms with Gasteiger partial charge in [-0.25, -0.2) is 0 Å². The first-order valence-electron chi connectivity index (χ1n) is 9.25. The first-order chi connectivity index (χ1) is 14.0. The first kappa shape index (κ1) is 20.2. The molecule has 0 saturated carbocycles. The van der Waals surface area contributed by atoms with E-state index in [-0.39, 0.29) is 24.3 Å². The van der Waals surface area contributed by atoms with Gasteiger partial charge in [0.05, 0.1) is 12.8 Å². The lowest BCUT2D eigenvalue weighted by Crippen LogP contribution is -2.23. The molecule has 3 amide bonds. The quantitative estimate of drug-likeness (QED) is 0.749. The molecule has 1 heterocycles. The number of methoxy groups -OCH3 is 1. The maximum atomic E-state index is 12.2. The predicted octanol–water partition coefficient (Wildman–Crippen LogP) is 2.80. The fourth-order valence-electron chi connectivity index (χ4n) is 3.06. The smallest absolute Gasteiger partial charge is 0.262 e. The van der Waals surface area contributed by atoms with E-state index in [0.29, 0.717) is 29.3 Å². The molecule has 29 heavy (non-hydrogen) atoms. The third kappa shape index (κ3) is 5.25. The molecule has 0 aromatic heterocycles. The van der Waals surface area contributed by atoms with Crippen molar-refractivity contribution in [2.45, 2.75) is 19.8 Å². The highest BCUT2D eigenvalue weighted by Crippen LogP contribution is 2.28. The van der Waals surface area contributed by atoms with E-state index in [2.05, 4.69) is 10.6 Å². The largest absolute Gasteiger partial charge is 0.495 e. The summed E-state index contributed by atoms with van der Waals surface area (Å²) in [6, 6.07) is 12.0. The number of amides is 3. The van der Waals surface area contributed by atoms with Crippen LogP contribution in [0, 0.1) is 0 Å². The summed E-state index contributed by atoms with van der Waals surface area (Å²) in [5.41, 5.74) is 1.80. The van der Waals surface area contributed by atoms with E-state index in [0.717, 1.165) is 18.7 Å². The van der Waals surface area contributed by atoms with Gasteiger partial charge in [-0.3, -0.25) is 14.4 Å². The number of carbonyl (C=O) groups excluding carboxylic acids is 3. The van der Waals surface area contributed by atoms with E-state index in [1.807, 2.05) is 0 Å². The fraction of sp³-hybridized carbons (Fsp3) is 0.286. The van der Waals surface area contributed by atoms with Crippen LogP contribution in [0.3, 0.4) is 0 Å². The Hall–Kier alpha value is -3.55. The minimum Gasteiger partial charge on any atom is -0.495 e. The van der Waals surface area contributed by atoms with Gasteiger partial charge in [-0.15, -0.1) is 0 Å². The standard InChI is InChI=1S/C21H23N3O5/c1-14(25)22-18-12-15(5-10-19(18)28-2)23-20(26)13-29-17-8-6-16(7-9-17)24-11-3-4-21(24)27/h5-10,12H,3-4,11,13H2,1-2H3,(H,22,25)(H,23,26). The first-order valence-corrected chi connectivity index (χ1v) is 9.25. The van der Waals surface area contributed by atoms with Gasteiger partial charge in [0.1, 0.15) is 11.5 Å². The van der Waals surface area contributed by atoms with Crippen LogP contribution < -0.4 is 25.0 Å². The molecule has 0 atom stereocenters. The summed E-state index contributed by atoms with van der Waals surface area (Å²) in [5, 5.41) is 5.37. The Kier molecular flexibility index (Phi) is 6.33. The molecule has 2 aromatic carbocycles. The molecule has 1 aliphatic heterocycles. The molecule has 1 aliphatic rings. The van der Waals surface area contributed by atoms with E-state index in [4.69, 9.17) is 9.47 Å². The summed E-state index contributed by atoms with van der Waals surface area (Å²) in [5.74, 6) is 0.559. The zero-order chi connectivity index (χ0) is 20.8. The minimum atomic E-state index is -0.345. The van der Waals surface area contributed by atoms with Crippen molar-refractivity contribution in [1.82, 2.24) is 0 Å². The second kappa shape index (κ2) is 9.09. The van der Waals surface area contributed by atoms with Crippen LogP contribution in [0.4, 0.5) is 17.1 Å². The summed E-state index contributed by atoms with van der Waals surface area (Å²) >= 11 is 0. The van der Waals surface area contributed by atoms with Crippen LogP contribution in [0.1, 0.15) is 19.8 Å². The number of anilines is 3. The van der Waals surface area contributed by atoms with Gasteiger partial charge in [0.2, 0.25) is 11.8 Å². The van der Waals surface area contributed by atoms with Crippen LogP contribution in [0.15, 0.2) is 42.5 Å². The van der Waals surface area contributed by atoms with Gasteiger partial charge in [-0.2, -0.15) is 0 Å². The number of nitrogens with zero attached hydrogens (tertiary/aromatic N) is 1. The molecule has 1 fully saturated rings. The van der Waals surface area contributed by atoms with Crippen LogP contribution >= 0.6 is 0 Å². The molecular weight excluding hydrogens is 374 g/mol. The van der Waals surface area contributed by atoms with E-state index >= 15 is 0 Å². The van der Waals surface area contributed by atoms with Crippen molar-refractivity contribution in [2.75, 3.05) is 35.8 Å². The third-order valence-electron chi connectivity index (χ3n) is 4.39. The Morgan fingerprint density at radius 2 is 1.86 bits per heavy atom. The van der Waals surface area contributed by atoms with Crippen molar-refractivity contribution < 1.29 is 23.9 Å². The number of ether oxygens (including phenoxy) is 2. The Morgan fingerprint density at radius 3 is 2.48 bits per heavy atom. The lowest BCUT2D eigenvalue weighted by Gasteiger charge is -2.16. The summed E-state index contributed by atoms with van der Waals surface area (Å²) in [4.78, 5) is 37.0. The molecule has 2 aromatic rings. The predicted molar refractivity (Wildman–Crippen MR) is 109 cm³/mol. The van der Waals surface area contributed by atoms with E-state index < -0.39 is 0 Å². The summed E-state index contributed by atoms with van der Waals surface area (Å²) < 4.78 is 10.7. The maximum absolute atomic E-state index is 12.2. The van der Waals surface area contributed by atoms with Crippen molar-refractivity contribution in [2.24, 2.45) is 0 Å². The molecule has 8 nitrogen and oxygen atoms in total. The molecule has 1 saturated heterocycles. The molecule has 0 aliphatic carbocycles. The zero-order valence-electron chi connectivity index (χ0n) is 16.4. The number of rotatable bonds is 7. The Bertz CT molecular complexity index is 911. The summed E-state index contributed by atoms with van der Waals surface area (Å²) in [6.07, 6.45) is 1.44. The molecule has 0 radical (unpaired) electrons. The lowest BCUT2D eigenvalue weighted by molar-refractivity contribution is -0.118. The molecule has 0 spiro atoms. The minimum absolute atomic E-state index is 0.121. The highest BCUT2D eigenvalue weighted by Gasteiger charge is 2.21. The van der Waals surface area contributed by atoms with Crippen LogP contribution in [-0.2, 0) is 14.4 Å². The molecule has 3 rings (SSSR count). The number of hydrogen-bond donors (Lipinski definition) is 2. The van der Waals surface area contributed by atoms with Crippen LogP contribution in [0.2, 0.25) is 0 Å². The highest BCUT2D eigenvalue weighted by atomic mass is 16.5. The van der Waals surface area contributed by atoms with Gasteiger partial charge in [-0.1, -0.05) is 0 Å². The molecule has 0 bridgehead atoms. The van der Waals surface area contributed by atoms with Crippen molar-refractivity contribution in [3.05, 3.63) is 42.5 Å². The average molecular weight is 397 g/mol. The highest BCUT2D eigenvalue weighted by molar-refractivity contribution is 5.96. The van der Waals surface area contributed by atoms with Crippen molar-refractivity contribution in [3.63, 3.8) is 0 Å². The third-order valence-corrected chi connectivity index (χ3v) is 4.39. The summed E-state index contributed by atoms with van der Waals surface area (Å²) in [6.45, 7) is 1.94. The molecule has 152 valence electrons. The number of benzene rings is 2. The van der Waals surface area contributed by atoms with Gasteiger partial charge >= 0.3 is 0 Å². The van der Waals surface area contributed by atoms with Gasteiger partial charge in [0.15, 0.2) is 6.61 Å². The second-order valence-corrected chi connectivity index (χ2v) is 6.58. The molecular formula is C21H23N3O5. The fourth-order valence-corrected chi connectivity index (χ4v) is 3.06. The zero-order valence-corrected chi connectivity index (χ0v) is 16.4. The van der Waals surface area contributed by atoms with Crippen molar-refractivity contribution in [1.29, 1.82) is 0 Å². The van der Waals surface area contributed by atoms with Crippen LogP contribution in [-0.4, -0.2) is 38.0 Å². The normalized spacial score (nSPS) is 13.2. The maximum Gasteiger partial charge on any atom is 0.262 e. The molecule has 2 N–H and O–H groups in total. The van der Waals surface area contributed by atoms with Crippen molar-refractivity contribution in [3.8, 4) is 11.5 Å². The number of nitrogens with one attached hydrogen (secondary N) is 2. The van der Waals surface area contributed by atoms with E-state index in [1.54, 1.807) is 47.4 Å².